The van der Waals surface area contributed by atoms with Crippen LogP contribution < -0.4 is 5.32 Å². The first kappa shape index (κ1) is 27.1. The number of benzene rings is 2. The van der Waals surface area contributed by atoms with E-state index in [0.717, 1.165) is 51.5 Å². The minimum atomic E-state index is -3.66. The molecule has 0 saturated carbocycles. The van der Waals surface area contributed by atoms with E-state index in [-0.39, 0.29) is 12.3 Å². The number of sulfone groups is 1. The number of pyridine rings is 1. The van der Waals surface area contributed by atoms with Crippen LogP contribution in [0.4, 0.5) is 0 Å². The van der Waals surface area contributed by atoms with Gasteiger partial charge in [0.2, 0.25) is 5.91 Å². The summed E-state index contributed by atoms with van der Waals surface area (Å²) in [5, 5.41) is 2.73. The molecule has 1 amide bonds. The highest BCUT2D eigenvalue weighted by Crippen LogP contribution is 2.24. The van der Waals surface area contributed by atoms with Gasteiger partial charge in [-0.05, 0) is 63.1 Å². The summed E-state index contributed by atoms with van der Waals surface area (Å²) in [5.74, 6) is -0.0831. The molecular weight excluding hydrogens is 472 g/mol. The maximum absolute atomic E-state index is 12.5. The fourth-order valence-corrected chi connectivity index (χ4v) is 5.33. The maximum atomic E-state index is 12.5. The lowest BCUT2D eigenvalue weighted by Crippen LogP contribution is -2.31. The van der Waals surface area contributed by atoms with Crippen molar-refractivity contribution in [2.24, 2.45) is 0 Å². The van der Waals surface area contributed by atoms with Gasteiger partial charge in [-0.15, -0.1) is 0 Å². The van der Waals surface area contributed by atoms with E-state index in [1.807, 2.05) is 45.0 Å². The summed E-state index contributed by atoms with van der Waals surface area (Å²) in [6.07, 6.45) is 1.40. The molecule has 1 N–H and O–H groups in total. The highest BCUT2D eigenvalue weighted by molar-refractivity contribution is 7.92. The Morgan fingerprint density at radius 3 is 2.28 bits per heavy atom. The first-order valence-corrected chi connectivity index (χ1v) is 13.3. The summed E-state index contributed by atoms with van der Waals surface area (Å²) in [4.78, 5) is 21.7. The van der Waals surface area contributed by atoms with Gasteiger partial charge in [0.1, 0.15) is 17.1 Å². The number of imidazole rings is 1. The van der Waals surface area contributed by atoms with E-state index < -0.39 is 21.5 Å². The van der Waals surface area contributed by atoms with Gasteiger partial charge in [0, 0.05) is 24.3 Å². The molecule has 0 bridgehead atoms. The highest BCUT2D eigenvalue weighted by Gasteiger charge is 2.19. The average Bonchev–Trinajstić information content (AvgIpc) is 3.18. The summed E-state index contributed by atoms with van der Waals surface area (Å²) >= 11 is 0. The van der Waals surface area contributed by atoms with Gasteiger partial charge >= 0.3 is 0 Å². The highest BCUT2D eigenvalue weighted by atomic mass is 32.2. The summed E-state index contributed by atoms with van der Waals surface area (Å²) in [6, 6.07) is 16.7. The van der Waals surface area contributed by atoms with E-state index in [4.69, 9.17) is 4.98 Å². The second-order valence-corrected chi connectivity index (χ2v) is 10.8. The van der Waals surface area contributed by atoms with Crippen molar-refractivity contribution in [3.05, 3.63) is 82.9 Å². The van der Waals surface area contributed by atoms with Crippen molar-refractivity contribution in [3.63, 3.8) is 0 Å². The fourth-order valence-electron chi connectivity index (χ4n) is 4.16. The average molecular weight is 507 g/mol. The summed E-state index contributed by atoms with van der Waals surface area (Å²) in [7, 11) is -3.66. The van der Waals surface area contributed by atoms with Gasteiger partial charge in [0.05, 0.1) is 16.1 Å². The smallest absolute Gasteiger partial charge is 0.235 e. The van der Waals surface area contributed by atoms with Crippen molar-refractivity contribution in [3.8, 4) is 5.69 Å². The second kappa shape index (κ2) is 11.0. The monoisotopic (exact) mass is 506 g/mol. The van der Waals surface area contributed by atoms with Gasteiger partial charge in [0.25, 0.3) is 0 Å². The molecule has 0 aliphatic carbocycles. The van der Waals surface area contributed by atoms with Crippen LogP contribution in [0.1, 0.15) is 42.7 Å². The van der Waals surface area contributed by atoms with Crippen LogP contribution in [0.3, 0.4) is 0 Å². The molecule has 4 rings (SSSR count). The zero-order valence-corrected chi connectivity index (χ0v) is 21.3. The molecule has 4 aromatic rings. The topological polar surface area (TPSA) is 93.9 Å². The first-order chi connectivity index (χ1) is 16.7. The molecule has 190 valence electrons. The molecule has 0 radical (unpaired) electrons. The van der Waals surface area contributed by atoms with E-state index in [1.165, 1.54) is 12.1 Å². The molecule has 0 atom stereocenters. The SMILES string of the molecule is C.CCc1nc2c(C)nc(C)cc2n1-c1ccc(CCNC(=O)CS(=O)(=O)c2ccc(C)cc2)cc1. The normalized spacial score (nSPS) is 11.3. The zero-order valence-electron chi connectivity index (χ0n) is 20.5. The molecule has 0 aliphatic heterocycles. The van der Waals surface area contributed by atoms with E-state index in [9.17, 15) is 13.2 Å². The number of fused-ring (bicyclic) bond motifs is 1. The van der Waals surface area contributed by atoms with Crippen LogP contribution in [0.2, 0.25) is 0 Å². The third kappa shape index (κ3) is 5.82. The van der Waals surface area contributed by atoms with E-state index in [2.05, 4.69) is 27.9 Å². The summed E-state index contributed by atoms with van der Waals surface area (Å²) in [5.41, 5.74) is 6.87. The predicted octanol–water partition coefficient (Wildman–Crippen LogP) is 4.68. The van der Waals surface area contributed by atoms with Crippen LogP contribution in [0.15, 0.2) is 59.5 Å². The standard InChI is InChI=1S/C27H30N4O3S.CH4/c1-5-25-30-27-20(4)29-19(3)16-24(27)31(25)22-10-8-21(9-11-22)14-15-28-26(32)17-35(33,34)23-12-6-18(2)7-13-23;/h6-13,16H,5,14-15,17H2,1-4H3,(H,28,32);1H4. The Bertz CT molecular complexity index is 1470. The van der Waals surface area contributed by atoms with Gasteiger partial charge in [0.15, 0.2) is 9.84 Å². The lowest BCUT2D eigenvalue weighted by Gasteiger charge is -2.11. The van der Waals surface area contributed by atoms with E-state index in [0.29, 0.717) is 13.0 Å². The number of nitrogens with zero attached hydrogens (tertiary/aromatic N) is 3. The molecule has 0 spiro atoms. The van der Waals surface area contributed by atoms with Crippen molar-refractivity contribution in [1.29, 1.82) is 0 Å². The molecular formula is C28H34N4O3S. The number of carbonyl (C=O) groups excluding carboxylic acids is 1. The number of hydrogen-bond donors (Lipinski definition) is 1. The van der Waals surface area contributed by atoms with Crippen molar-refractivity contribution in [1.82, 2.24) is 19.9 Å². The van der Waals surface area contributed by atoms with Crippen molar-refractivity contribution in [2.75, 3.05) is 12.3 Å². The fraction of sp³-hybridized carbons (Fsp3) is 0.321. The Hall–Kier alpha value is -3.52. The Balaban J connectivity index is 0.00000361. The Labute approximate surface area is 213 Å². The number of aryl methyl sites for hydroxylation is 4. The molecule has 2 heterocycles. The molecule has 2 aromatic heterocycles. The van der Waals surface area contributed by atoms with E-state index >= 15 is 0 Å². The zero-order chi connectivity index (χ0) is 25.2. The Kier molecular flexibility index (Phi) is 8.30. The number of nitrogens with one attached hydrogen (secondary N) is 1. The quantitative estimate of drug-likeness (QED) is 0.375. The van der Waals surface area contributed by atoms with Crippen LogP contribution in [0.25, 0.3) is 16.7 Å². The number of aromatic nitrogens is 3. The van der Waals surface area contributed by atoms with Crippen LogP contribution in [0, 0.1) is 20.8 Å². The van der Waals surface area contributed by atoms with Gasteiger partial charge in [-0.25, -0.2) is 13.4 Å². The van der Waals surface area contributed by atoms with Gasteiger partial charge in [-0.1, -0.05) is 44.2 Å². The number of carbonyl (C=O) groups is 1. The predicted molar refractivity (Wildman–Crippen MR) is 144 cm³/mol. The molecule has 2 aromatic carbocycles. The number of amides is 1. The van der Waals surface area contributed by atoms with Crippen molar-refractivity contribution >= 4 is 26.8 Å². The minimum absolute atomic E-state index is 0. The molecule has 0 unspecified atom stereocenters. The third-order valence-corrected chi connectivity index (χ3v) is 7.60. The number of hydrogen-bond acceptors (Lipinski definition) is 5. The Morgan fingerprint density at radius 1 is 0.972 bits per heavy atom. The van der Waals surface area contributed by atoms with Gasteiger partial charge in [-0.3, -0.25) is 14.3 Å². The molecule has 0 saturated heterocycles. The van der Waals surface area contributed by atoms with Crippen molar-refractivity contribution < 1.29 is 13.2 Å². The van der Waals surface area contributed by atoms with Crippen molar-refractivity contribution in [2.45, 2.75) is 52.9 Å². The second-order valence-electron chi connectivity index (χ2n) is 8.77. The molecule has 7 nitrogen and oxygen atoms in total. The largest absolute Gasteiger partial charge is 0.355 e. The Morgan fingerprint density at radius 2 is 1.64 bits per heavy atom. The van der Waals surface area contributed by atoms with Crippen LogP contribution in [-0.4, -0.2) is 41.2 Å². The first-order valence-electron chi connectivity index (χ1n) is 11.7. The van der Waals surface area contributed by atoms with Crippen LogP contribution >= 0.6 is 0 Å². The number of rotatable bonds is 8. The minimum Gasteiger partial charge on any atom is -0.355 e. The van der Waals surface area contributed by atoms with Crippen LogP contribution in [-0.2, 0) is 27.5 Å². The van der Waals surface area contributed by atoms with Gasteiger partial charge in [-0.2, -0.15) is 0 Å². The molecule has 8 heteroatoms. The molecule has 36 heavy (non-hydrogen) atoms. The third-order valence-electron chi connectivity index (χ3n) is 5.96. The van der Waals surface area contributed by atoms with E-state index in [1.54, 1.807) is 12.1 Å². The van der Waals surface area contributed by atoms with Gasteiger partial charge < -0.3 is 5.32 Å². The maximum Gasteiger partial charge on any atom is 0.235 e. The lowest BCUT2D eigenvalue weighted by atomic mass is 10.1. The molecule has 0 fully saturated rings. The summed E-state index contributed by atoms with van der Waals surface area (Å²) < 4.78 is 27.1. The molecule has 0 aliphatic rings. The lowest BCUT2D eigenvalue weighted by molar-refractivity contribution is -0.118. The van der Waals surface area contributed by atoms with Crippen LogP contribution in [0.5, 0.6) is 0 Å². The summed E-state index contributed by atoms with van der Waals surface area (Å²) in [6.45, 7) is 8.30.